The molecule has 0 unspecified atom stereocenters. The molecule has 1 saturated carbocycles. The third-order valence-corrected chi connectivity index (χ3v) is 8.49. The average Bonchev–Trinajstić information content (AvgIpc) is 3.31. The van der Waals surface area contributed by atoms with Gasteiger partial charge in [0.2, 0.25) is 10.0 Å². The number of hydrogen-bond donors (Lipinski definition) is 0. The van der Waals surface area contributed by atoms with Crippen molar-refractivity contribution in [2.45, 2.75) is 17.7 Å². The van der Waals surface area contributed by atoms with Crippen molar-refractivity contribution >= 4 is 20.8 Å². The maximum atomic E-state index is 13.1. The second-order valence-corrected chi connectivity index (χ2v) is 10.2. The molecule has 0 amide bonds. The van der Waals surface area contributed by atoms with Gasteiger partial charge in [0.1, 0.15) is 0 Å². The normalized spacial score (nSPS) is 29.0. The summed E-state index contributed by atoms with van der Waals surface area (Å²) < 4.78 is 27.8. The third-order valence-electron chi connectivity index (χ3n) is 6.60. The summed E-state index contributed by atoms with van der Waals surface area (Å²) in [5.41, 5.74) is 0. The molecule has 5 rings (SSSR count). The lowest BCUT2D eigenvalue weighted by Gasteiger charge is -2.36. The van der Waals surface area contributed by atoms with Gasteiger partial charge >= 0.3 is 0 Å². The minimum Gasteiger partial charge on any atom is -0.300 e. The molecule has 2 aliphatic carbocycles. The minimum atomic E-state index is -3.42. The van der Waals surface area contributed by atoms with Gasteiger partial charge in [-0.1, -0.05) is 42.5 Å². The highest BCUT2D eigenvalue weighted by Crippen LogP contribution is 2.43. The predicted octanol–water partition coefficient (Wildman–Crippen LogP) is 3.36. The fourth-order valence-corrected chi connectivity index (χ4v) is 6.52. The van der Waals surface area contributed by atoms with E-state index in [1.807, 2.05) is 30.3 Å². The van der Waals surface area contributed by atoms with Gasteiger partial charge in [-0.05, 0) is 53.5 Å². The van der Waals surface area contributed by atoms with E-state index in [0.29, 0.717) is 18.0 Å². The first kappa shape index (κ1) is 17.4. The van der Waals surface area contributed by atoms with Gasteiger partial charge < -0.3 is 4.90 Å². The standard InChI is InChI=1S/C22H26N2O2S/c25-27(26,22-8-7-18-3-1-2-4-19(18)15-22)24-11-9-23(10-12-24)16-21-14-17-5-6-20(21)13-17/h1-8,15,17,20-21H,9-14,16H2/t17-,20+,21-/m1/s1. The van der Waals surface area contributed by atoms with Crippen LogP contribution in [0, 0.1) is 17.8 Å². The molecule has 0 aromatic heterocycles. The van der Waals surface area contributed by atoms with Crippen molar-refractivity contribution in [1.29, 1.82) is 0 Å². The van der Waals surface area contributed by atoms with Crippen molar-refractivity contribution < 1.29 is 8.42 Å². The van der Waals surface area contributed by atoms with E-state index < -0.39 is 10.0 Å². The fraction of sp³-hybridized carbons (Fsp3) is 0.455. The topological polar surface area (TPSA) is 40.6 Å². The van der Waals surface area contributed by atoms with Gasteiger partial charge in [0, 0.05) is 32.7 Å². The summed E-state index contributed by atoms with van der Waals surface area (Å²) in [7, 11) is -3.42. The summed E-state index contributed by atoms with van der Waals surface area (Å²) >= 11 is 0. The first-order chi connectivity index (χ1) is 13.1. The van der Waals surface area contributed by atoms with Crippen LogP contribution in [-0.2, 0) is 10.0 Å². The van der Waals surface area contributed by atoms with E-state index in [0.717, 1.165) is 48.2 Å². The van der Waals surface area contributed by atoms with Crippen LogP contribution in [0.1, 0.15) is 12.8 Å². The Morgan fingerprint density at radius 2 is 1.67 bits per heavy atom. The van der Waals surface area contributed by atoms with Gasteiger partial charge in [-0.3, -0.25) is 0 Å². The number of fused-ring (bicyclic) bond motifs is 3. The molecule has 3 atom stereocenters. The number of nitrogens with zero attached hydrogens (tertiary/aromatic N) is 2. The van der Waals surface area contributed by atoms with E-state index in [2.05, 4.69) is 17.1 Å². The van der Waals surface area contributed by atoms with E-state index in [9.17, 15) is 8.42 Å². The molecule has 142 valence electrons. The van der Waals surface area contributed by atoms with Gasteiger partial charge in [0.05, 0.1) is 4.90 Å². The molecule has 2 aromatic carbocycles. The van der Waals surface area contributed by atoms with Gasteiger partial charge in [-0.15, -0.1) is 0 Å². The Hall–Kier alpha value is -1.69. The van der Waals surface area contributed by atoms with Gasteiger partial charge in [-0.25, -0.2) is 8.42 Å². The monoisotopic (exact) mass is 382 g/mol. The molecule has 2 fully saturated rings. The number of allylic oxidation sites excluding steroid dienone is 2. The molecule has 0 spiro atoms. The summed E-state index contributed by atoms with van der Waals surface area (Å²) in [6.07, 6.45) is 7.44. The van der Waals surface area contributed by atoms with Crippen molar-refractivity contribution in [3.63, 3.8) is 0 Å². The highest BCUT2D eigenvalue weighted by molar-refractivity contribution is 7.89. The van der Waals surface area contributed by atoms with Crippen molar-refractivity contribution in [1.82, 2.24) is 9.21 Å². The van der Waals surface area contributed by atoms with Crippen LogP contribution in [0.2, 0.25) is 0 Å². The van der Waals surface area contributed by atoms with Gasteiger partial charge in [-0.2, -0.15) is 4.31 Å². The quantitative estimate of drug-likeness (QED) is 0.762. The minimum absolute atomic E-state index is 0.410. The molecular weight excluding hydrogens is 356 g/mol. The molecule has 0 N–H and O–H groups in total. The molecule has 0 radical (unpaired) electrons. The zero-order valence-electron chi connectivity index (χ0n) is 15.5. The summed E-state index contributed by atoms with van der Waals surface area (Å²) in [5.74, 6) is 2.33. The Balaban J connectivity index is 1.25. The van der Waals surface area contributed by atoms with Crippen LogP contribution in [0.15, 0.2) is 59.5 Å². The molecule has 2 bridgehead atoms. The fourth-order valence-electron chi connectivity index (χ4n) is 5.07. The molecule has 1 heterocycles. The number of piperazine rings is 1. The first-order valence-corrected chi connectivity index (χ1v) is 11.4. The van der Waals surface area contributed by atoms with E-state index >= 15 is 0 Å². The highest BCUT2D eigenvalue weighted by Gasteiger charge is 2.37. The molecule has 3 aliphatic rings. The third kappa shape index (κ3) is 3.22. The molecule has 27 heavy (non-hydrogen) atoms. The predicted molar refractivity (Wildman–Crippen MR) is 108 cm³/mol. The molecule has 4 nitrogen and oxygen atoms in total. The lowest BCUT2D eigenvalue weighted by molar-refractivity contribution is 0.156. The smallest absolute Gasteiger partial charge is 0.243 e. The Morgan fingerprint density at radius 3 is 2.37 bits per heavy atom. The van der Waals surface area contributed by atoms with Crippen LogP contribution in [0.4, 0.5) is 0 Å². The summed E-state index contributed by atoms with van der Waals surface area (Å²) in [4.78, 5) is 2.87. The Morgan fingerprint density at radius 1 is 0.889 bits per heavy atom. The van der Waals surface area contributed by atoms with Gasteiger partial charge in [0.15, 0.2) is 0 Å². The van der Waals surface area contributed by atoms with E-state index in [-0.39, 0.29) is 0 Å². The Labute approximate surface area is 161 Å². The van der Waals surface area contributed by atoms with Crippen molar-refractivity contribution in [3.05, 3.63) is 54.6 Å². The maximum absolute atomic E-state index is 13.1. The van der Waals surface area contributed by atoms with Crippen molar-refractivity contribution in [2.24, 2.45) is 17.8 Å². The van der Waals surface area contributed by atoms with Crippen molar-refractivity contribution in [2.75, 3.05) is 32.7 Å². The highest BCUT2D eigenvalue weighted by atomic mass is 32.2. The van der Waals surface area contributed by atoms with E-state index in [1.165, 1.54) is 12.8 Å². The zero-order chi connectivity index (χ0) is 18.4. The number of hydrogen-bond acceptors (Lipinski definition) is 3. The lowest BCUT2D eigenvalue weighted by atomic mass is 9.93. The molecule has 1 aliphatic heterocycles. The largest absolute Gasteiger partial charge is 0.300 e. The lowest BCUT2D eigenvalue weighted by Crippen LogP contribution is -2.49. The van der Waals surface area contributed by atoms with Crippen LogP contribution in [0.3, 0.4) is 0 Å². The summed E-state index contributed by atoms with van der Waals surface area (Å²) in [6.45, 7) is 3.97. The molecule has 2 aromatic rings. The second kappa shape index (κ2) is 6.73. The SMILES string of the molecule is O=S(=O)(c1ccc2ccccc2c1)N1CCN(C[C@H]2C[C@@H]3C=C[C@H]2C3)CC1. The van der Waals surface area contributed by atoms with Crippen LogP contribution in [-0.4, -0.2) is 50.3 Å². The van der Waals surface area contributed by atoms with Gasteiger partial charge in [0.25, 0.3) is 0 Å². The number of sulfonamides is 1. The number of rotatable bonds is 4. The summed E-state index contributed by atoms with van der Waals surface area (Å²) in [5, 5.41) is 2.04. The molecule has 5 heteroatoms. The Bertz CT molecular complexity index is 977. The molecular formula is C22H26N2O2S. The molecule has 1 saturated heterocycles. The Kier molecular flexibility index (Phi) is 4.34. The second-order valence-electron chi connectivity index (χ2n) is 8.25. The van der Waals surface area contributed by atoms with E-state index in [4.69, 9.17) is 0 Å². The van der Waals surface area contributed by atoms with Crippen molar-refractivity contribution in [3.8, 4) is 0 Å². The first-order valence-electron chi connectivity index (χ1n) is 9.99. The van der Waals surface area contributed by atoms with Crippen LogP contribution >= 0.6 is 0 Å². The number of benzene rings is 2. The maximum Gasteiger partial charge on any atom is 0.243 e. The van der Waals surface area contributed by atoms with Crippen LogP contribution in [0.25, 0.3) is 10.8 Å². The van der Waals surface area contributed by atoms with Crippen LogP contribution < -0.4 is 0 Å². The summed E-state index contributed by atoms with van der Waals surface area (Å²) in [6, 6.07) is 13.3. The average molecular weight is 383 g/mol. The zero-order valence-corrected chi connectivity index (χ0v) is 16.3. The van der Waals surface area contributed by atoms with E-state index in [1.54, 1.807) is 16.4 Å². The van der Waals surface area contributed by atoms with Crippen LogP contribution in [0.5, 0.6) is 0 Å².